The number of hydrogen-bond acceptors (Lipinski definition) is 3. The molecule has 2 atom stereocenters. The van der Waals surface area contributed by atoms with Crippen molar-refractivity contribution >= 4 is 17.7 Å². The minimum absolute atomic E-state index is 0.0204. The third kappa shape index (κ3) is 1.27. The number of rotatable bonds is 1. The summed E-state index contributed by atoms with van der Waals surface area (Å²) < 4.78 is 4.83. The van der Waals surface area contributed by atoms with Crippen LogP contribution in [0.2, 0.25) is 0 Å². The molecule has 1 heterocycles. The number of esters is 1. The van der Waals surface area contributed by atoms with E-state index in [4.69, 9.17) is 4.74 Å². The second-order valence-electron chi connectivity index (χ2n) is 1.82. The van der Waals surface area contributed by atoms with E-state index in [1.165, 1.54) is 11.8 Å². The lowest BCUT2D eigenvalue weighted by molar-refractivity contribution is -0.140. The van der Waals surface area contributed by atoms with E-state index in [2.05, 4.69) is 6.58 Å². The summed E-state index contributed by atoms with van der Waals surface area (Å²) >= 11 is 1.48. The quantitative estimate of drug-likeness (QED) is 0.408. The van der Waals surface area contributed by atoms with Crippen LogP contribution < -0.4 is 0 Å². The van der Waals surface area contributed by atoms with Gasteiger partial charge in [0.05, 0.1) is 0 Å². The number of hydrogen-bond donors (Lipinski definition) is 0. The molecule has 1 aliphatic rings. The minimum atomic E-state index is -0.134. The molecule has 2 nitrogen and oxygen atoms in total. The van der Waals surface area contributed by atoms with Gasteiger partial charge in [0, 0.05) is 0 Å². The summed E-state index contributed by atoms with van der Waals surface area (Å²) in [5.41, 5.74) is -0.118. The van der Waals surface area contributed by atoms with Gasteiger partial charge in [-0.15, -0.1) is 0 Å². The molecular weight excluding hydrogens is 136 g/mol. The summed E-state index contributed by atoms with van der Waals surface area (Å²) in [6, 6.07) is 0. The van der Waals surface area contributed by atoms with E-state index in [9.17, 15) is 4.79 Å². The first-order valence-corrected chi connectivity index (χ1v) is 3.67. The van der Waals surface area contributed by atoms with Gasteiger partial charge in [-0.1, -0.05) is 18.3 Å². The van der Waals surface area contributed by atoms with Crippen LogP contribution in [0, 0.1) is 0 Å². The average molecular weight is 144 g/mol. The molecule has 1 rings (SSSR count). The summed E-state index contributed by atoms with van der Waals surface area (Å²) in [7, 11) is 0. The molecule has 0 aromatic rings. The van der Waals surface area contributed by atoms with Gasteiger partial charge >= 0.3 is 5.97 Å². The third-order valence-corrected chi connectivity index (χ3v) is 2.25. The summed E-state index contributed by atoms with van der Waals surface area (Å²) in [4.78, 5) is 10.7. The Morgan fingerprint density at radius 3 is 2.78 bits per heavy atom. The highest BCUT2D eigenvalue weighted by molar-refractivity contribution is 8.01. The zero-order valence-corrected chi connectivity index (χ0v) is 5.98. The Morgan fingerprint density at radius 2 is 2.56 bits per heavy atom. The van der Waals surface area contributed by atoms with Crippen LogP contribution in [0.25, 0.3) is 0 Å². The molecule has 9 heavy (non-hydrogen) atoms. The number of cyclic esters (lactones) is 1. The molecule has 0 radical (unpaired) electrons. The van der Waals surface area contributed by atoms with Crippen molar-refractivity contribution in [2.45, 2.75) is 17.6 Å². The second-order valence-corrected chi connectivity index (χ2v) is 3.26. The molecule has 0 aromatic carbocycles. The SMILES string of the molecule is C=CC1OC(=O)C(C)S1. The normalized spacial score (nSPS) is 34.1. The number of carbonyl (C=O) groups excluding carboxylic acids is 1. The van der Waals surface area contributed by atoms with Crippen molar-refractivity contribution in [3.05, 3.63) is 12.7 Å². The van der Waals surface area contributed by atoms with Crippen molar-refractivity contribution in [2.24, 2.45) is 0 Å². The molecular formula is C6H8O2S. The van der Waals surface area contributed by atoms with Crippen LogP contribution in [-0.4, -0.2) is 16.7 Å². The van der Waals surface area contributed by atoms with E-state index >= 15 is 0 Å². The fraction of sp³-hybridized carbons (Fsp3) is 0.500. The van der Waals surface area contributed by atoms with Gasteiger partial charge in [-0.25, -0.2) is 0 Å². The fourth-order valence-corrected chi connectivity index (χ4v) is 1.43. The summed E-state index contributed by atoms with van der Waals surface area (Å²) in [6.07, 6.45) is 1.63. The molecule has 0 bridgehead atoms. The summed E-state index contributed by atoms with van der Waals surface area (Å²) in [5.74, 6) is -0.134. The lowest BCUT2D eigenvalue weighted by atomic mass is 10.5. The van der Waals surface area contributed by atoms with Crippen LogP contribution in [-0.2, 0) is 9.53 Å². The highest BCUT2D eigenvalue weighted by atomic mass is 32.2. The molecule has 0 spiro atoms. The topological polar surface area (TPSA) is 26.3 Å². The van der Waals surface area contributed by atoms with Crippen molar-refractivity contribution in [1.29, 1.82) is 0 Å². The Balaban J connectivity index is 2.53. The van der Waals surface area contributed by atoms with Crippen molar-refractivity contribution < 1.29 is 9.53 Å². The molecule has 3 heteroatoms. The Morgan fingerprint density at radius 1 is 1.89 bits per heavy atom. The van der Waals surface area contributed by atoms with Crippen molar-refractivity contribution in [3.8, 4) is 0 Å². The van der Waals surface area contributed by atoms with E-state index < -0.39 is 0 Å². The van der Waals surface area contributed by atoms with E-state index in [0.29, 0.717) is 0 Å². The third-order valence-electron chi connectivity index (χ3n) is 1.09. The van der Waals surface area contributed by atoms with Gasteiger partial charge in [0.2, 0.25) is 0 Å². The van der Waals surface area contributed by atoms with E-state index in [-0.39, 0.29) is 16.7 Å². The van der Waals surface area contributed by atoms with Crippen LogP contribution in [0.4, 0.5) is 0 Å². The molecule has 1 saturated heterocycles. The van der Waals surface area contributed by atoms with Crippen molar-refractivity contribution in [2.75, 3.05) is 0 Å². The maximum atomic E-state index is 10.7. The number of ether oxygens (including phenoxy) is 1. The molecule has 0 aliphatic carbocycles. The molecule has 0 N–H and O–H groups in total. The van der Waals surface area contributed by atoms with Gasteiger partial charge in [-0.05, 0) is 13.0 Å². The Bertz CT molecular complexity index is 144. The highest BCUT2D eigenvalue weighted by Gasteiger charge is 2.29. The van der Waals surface area contributed by atoms with Crippen molar-refractivity contribution in [1.82, 2.24) is 0 Å². The van der Waals surface area contributed by atoms with E-state index in [1.807, 2.05) is 6.92 Å². The molecule has 1 aliphatic heterocycles. The Labute approximate surface area is 58.3 Å². The van der Waals surface area contributed by atoms with Crippen LogP contribution in [0.1, 0.15) is 6.92 Å². The standard InChI is InChI=1S/C6H8O2S/c1-3-5-8-6(7)4(2)9-5/h3-5H,1H2,2H3. The van der Waals surface area contributed by atoms with Gasteiger partial charge in [0.15, 0.2) is 5.44 Å². The predicted octanol–water partition coefficient (Wildman–Crippen LogP) is 1.18. The fourth-order valence-electron chi connectivity index (χ4n) is 0.598. The monoisotopic (exact) mass is 144 g/mol. The highest BCUT2D eigenvalue weighted by Crippen LogP contribution is 2.28. The zero-order chi connectivity index (χ0) is 6.85. The molecule has 2 unspecified atom stereocenters. The Hall–Kier alpha value is -0.440. The van der Waals surface area contributed by atoms with Crippen LogP contribution in [0.15, 0.2) is 12.7 Å². The van der Waals surface area contributed by atoms with Crippen LogP contribution >= 0.6 is 11.8 Å². The smallest absolute Gasteiger partial charge is 0.320 e. The average Bonchev–Trinajstić information content (AvgIpc) is 2.13. The van der Waals surface area contributed by atoms with Gasteiger partial charge < -0.3 is 4.74 Å². The Kier molecular flexibility index (Phi) is 1.81. The van der Waals surface area contributed by atoms with Gasteiger partial charge in [0.1, 0.15) is 5.25 Å². The largest absolute Gasteiger partial charge is 0.446 e. The van der Waals surface area contributed by atoms with E-state index in [0.717, 1.165) is 0 Å². The van der Waals surface area contributed by atoms with Gasteiger partial charge in [-0.2, -0.15) is 0 Å². The van der Waals surface area contributed by atoms with Crippen LogP contribution in [0.3, 0.4) is 0 Å². The molecule has 1 fully saturated rings. The minimum Gasteiger partial charge on any atom is -0.446 e. The lowest BCUT2D eigenvalue weighted by Crippen LogP contribution is -2.06. The van der Waals surface area contributed by atoms with E-state index in [1.54, 1.807) is 6.08 Å². The maximum absolute atomic E-state index is 10.7. The maximum Gasteiger partial charge on any atom is 0.320 e. The first kappa shape index (κ1) is 6.68. The molecule has 50 valence electrons. The van der Waals surface area contributed by atoms with Gasteiger partial charge in [-0.3, -0.25) is 4.79 Å². The number of carbonyl (C=O) groups is 1. The number of thioether (sulfide) groups is 1. The van der Waals surface area contributed by atoms with Crippen molar-refractivity contribution in [3.63, 3.8) is 0 Å². The van der Waals surface area contributed by atoms with Gasteiger partial charge in [0.25, 0.3) is 0 Å². The second kappa shape index (κ2) is 2.43. The molecule has 0 aromatic heterocycles. The first-order valence-electron chi connectivity index (χ1n) is 2.72. The summed E-state index contributed by atoms with van der Waals surface area (Å²) in [6.45, 7) is 5.34. The van der Waals surface area contributed by atoms with Crippen LogP contribution in [0.5, 0.6) is 0 Å². The lowest BCUT2D eigenvalue weighted by Gasteiger charge is -1.96. The summed E-state index contributed by atoms with van der Waals surface area (Å²) in [5, 5.41) is -0.0204. The predicted molar refractivity (Wildman–Crippen MR) is 37.1 cm³/mol. The molecule has 0 amide bonds. The first-order chi connectivity index (χ1) is 4.24. The zero-order valence-electron chi connectivity index (χ0n) is 5.16. The molecule has 0 saturated carbocycles.